The van der Waals surface area contributed by atoms with Gasteiger partial charge >= 0.3 is 162 Å². The summed E-state index contributed by atoms with van der Waals surface area (Å²) in [5, 5.41) is 0.746. The zero-order valence-electron chi connectivity index (χ0n) is 19.8. The van der Waals surface area contributed by atoms with Gasteiger partial charge in [0.1, 0.15) is 11.5 Å². The Morgan fingerprint density at radius 1 is 1.00 bits per heavy atom. The van der Waals surface area contributed by atoms with E-state index in [-0.39, 0.29) is 171 Å². The Labute approximate surface area is 318 Å². The predicted octanol–water partition coefficient (Wildman–Crippen LogP) is -4.15. The number of halogens is 2. The van der Waals surface area contributed by atoms with Crippen LogP contribution in [-0.2, 0) is 21.1 Å². The molecular weight excluding hydrogens is 555 g/mol. The number of aryl methyl sites for hydroxylation is 1. The van der Waals surface area contributed by atoms with Gasteiger partial charge in [0, 0.05) is 6.07 Å². The minimum atomic E-state index is -4.97. The third-order valence-corrected chi connectivity index (χ3v) is 7.95. The van der Waals surface area contributed by atoms with Crippen LogP contribution < -0.4 is 159 Å². The Morgan fingerprint density at radius 3 is 2.13 bits per heavy atom. The molecule has 0 aliphatic heterocycles. The van der Waals surface area contributed by atoms with Crippen LogP contribution in [0.3, 0.4) is 0 Å². The zero-order valence-corrected chi connectivity index (χ0v) is 29.4. The Morgan fingerprint density at radius 2 is 1.60 bits per heavy atom. The van der Waals surface area contributed by atoms with E-state index in [4.69, 9.17) is 42.3 Å². The van der Waals surface area contributed by atoms with Crippen molar-refractivity contribution >= 4 is 40.9 Å². The number of hydrogen-bond acceptors (Lipinski definition) is 4. The smallest absolute Gasteiger partial charge is 1.00 e. The molecule has 0 amide bonds. The second kappa shape index (κ2) is 16.5. The first-order valence-electron chi connectivity index (χ1n) is 7.70. The summed E-state index contributed by atoms with van der Waals surface area (Å²) < 4.78 is 48.2. The molecule has 3 N–H and O–H groups in total. The maximum absolute atomic E-state index is 11.2. The van der Waals surface area contributed by atoms with E-state index in [1.165, 1.54) is 0 Å². The minimum Gasteiger partial charge on any atom is -1.00 e. The van der Waals surface area contributed by atoms with Gasteiger partial charge in [0.05, 0.1) is 10.0 Å². The summed E-state index contributed by atoms with van der Waals surface area (Å²) in [5.74, 6) is 0.988. The van der Waals surface area contributed by atoms with Crippen LogP contribution in [-0.4, -0.2) is 27.7 Å². The van der Waals surface area contributed by atoms with Gasteiger partial charge in [-0.2, -0.15) is 8.42 Å². The molecule has 0 radical (unpaired) electrons. The van der Waals surface area contributed by atoms with Gasteiger partial charge in [-0.25, -0.2) is 0 Å². The first-order valence-corrected chi connectivity index (χ1v) is 11.6. The van der Waals surface area contributed by atoms with Gasteiger partial charge in [-0.3, -0.25) is 9.12 Å². The molecule has 1 atom stereocenters. The number of rotatable bonds is 8. The van der Waals surface area contributed by atoms with Crippen molar-refractivity contribution in [2.45, 2.75) is 24.3 Å². The van der Waals surface area contributed by atoms with Gasteiger partial charge in [0.15, 0.2) is 4.99 Å². The third kappa shape index (κ3) is 12.7. The van der Waals surface area contributed by atoms with E-state index in [2.05, 4.69) is 0 Å². The van der Waals surface area contributed by atoms with Crippen LogP contribution in [0.1, 0.15) is 22.7 Å². The summed E-state index contributed by atoms with van der Waals surface area (Å²) in [4.78, 5) is 16.1. The molecule has 2 aromatic rings. The molecule has 0 bridgehead atoms. The fraction of sp³-hybridized carbons (Fsp3) is 0.250. The maximum atomic E-state index is 11.2. The molecule has 0 fully saturated rings. The molecular formula is C16H20Cl2K3O7PS. The van der Waals surface area contributed by atoms with Crippen molar-refractivity contribution in [3.05, 3.63) is 58.1 Å². The first-order chi connectivity index (χ1) is 12.5. The summed E-state index contributed by atoms with van der Waals surface area (Å²) in [5.41, 5.74) is 0.771. The van der Waals surface area contributed by atoms with Crippen molar-refractivity contribution in [3.8, 4) is 11.5 Å². The first kappa shape index (κ1) is 35.9. The van der Waals surface area contributed by atoms with E-state index in [1.807, 2.05) is 0 Å². The van der Waals surface area contributed by atoms with Crippen molar-refractivity contribution in [3.63, 3.8) is 0 Å². The Balaban J connectivity index is -0.000000436. The van der Waals surface area contributed by atoms with Crippen LogP contribution >= 0.6 is 30.8 Å². The van der Waals surface area contributed by atoms with Crippen molar-refractivity contribution in [2.24, 2.45) is 0 Å². The van der Waals surface area contributed by atoms with Crippen LogP contribution in [0.2, 0.25) is 10.0 Å². The molecule has 1 unspecified atom stereocenters. The SMILES string of the molecule is O=P(O)(O)C(CCCc1cccc(Oc2ccc(Cl)c(Cl)c2)c1)S(=O)(=O)O.[H-].[H-].[H-].[K+].[K+].[K+]. The normalized spacial score (nSPS) is 12.0. The van der Waals surface area contributed by atoms with E-state index in [1.54, 1.807) is 42.5 Å². The van der Waals surface area contributed by atoms with E-state index >= 15 is 0 Å². The van der Waals surface area contributed by atoms with Gasteiger partial charge in [-0.1, -0.05) is 35.3 Å². The Bertz CT molecular complexity index is 988. The largest absolute Gasteiger partial charge is 1.00 e. The van der Waals surface area contributed by atoms with Crippen LogP contribution in [0.25, 0.3) is 0 Å². The summed E-state index contributed by atoms with van der Waals surface area (Å²) in [6.45, 7) is 0. The topological polar surface area (TPSA) is 121 Å². The summed E-state index contributed by atoms with van der Waals surface area (Å²) in [7, 11) is -9.81. The number of ether oxygens (including phenoxy) is 1. The van der Waals surface area contributed by atoms with Gasteiger partial charge in [0.2, 0.25) is 0 Å². The van der Waals surface area contributed by atoms with Gasteiger partial charge in [-0.15, -0.1) is 0 Å². The monoisotopic (exact) mass is 574 g/mol. The van der Waals surface area contributed by atoms with E-state index in [0.717, 1.165) is 5.56 Å². The Kier molecular flexibility index (Phi) is 19.8. The van der Waals surface area contributed by atoms with Gasteiger partial charge in [0.25, 0.3) is 10.1 Å². The molecule has 0 aromatic heterocycles. The predicted molar refractivity (Wildman–Crippen MR) is 107 cm³/mol. The van der Waals surface area contributed by atoms with E-state index in [9.17, 15) is 13.0 Å². The molecule has 0 aliphatic carbocycles. The molecule has 2 aromatic carbocycles. The molecule has 0 saturated carbocycles. The van der Waals surface area contributed by atoms with Crippen LogP contribution in [0.5, 0.6) is 11.5 Å². The van der Waals surface area contributed by atoms with Crippen LogP contribution in [0.4, 0.5) is 0 Å². The molecule has 0 aliphatic rings. The van der Waals surface area contributed by atoms with Crippen molar-refractivity contribution < 1.29 is 190 Å². The molecule has 154 valence electrons. The molecule has 0 saturated heterocycles. The van der Waals surface area contributed by atoms with Crippen molar-refractivity contribution in [1.29, 1.82) is 0 Å². The quantitative estimate of drug-likeness (QED) is 0.166. The molecule has 0 spiro atoms. The average Bonchev–Trinajstić information content (AvgIpc) is 2.53. The average molecular weight is 576 g/mol. The zero-order chi connectivity index (χ0) is 20.2. The molecule has 14 heteroatoms. The molecule has 30 heavy (non-hydrogen) atoms. The molecule has 2 rings (SSSR count). The maximum Gasteiger partial charge on any atom is 1.00 e. The number of hydrogen-bond donors (Lipinski definition) is 3. The van der Waals surface area contributed by atoms with Gasteiger partial charge in [-0.05, 0) is 49.1 Å². The molecule has 0 heterocycles. The van der Waals surface area contributed by atoms with Crippen molar-refractivity contribution in [2.75, 3.05) is 0 Å². The summed E-state index contributed by atoms with van der Waals surface area (Å²) in [6.07, 6.45) is 0.109. The standard InChI is InChI=1S/C16H17Cl2O7PS.3K.3H/c17-14-8-7-13(10-15(14)18)25-12-5-1-3-11(9-12)4-2-6-16(26(19,20)21)27(22,23)24;;;;;;/h1,3,5,7-10,16H,2,4,6H2,(H2,19,20,21)(H,22,23,24);;;;;;/q;3*+1;3*-1. The molecule has 7 nitrogen and oxygen atoms in total. The van der Waals surface area contributed by atoms with E-state index in [0.29, 0.717) is 28.0 Å². The fourth-order valence-electron chi connectivity index (χ4n) is 2.41. The summed E-state index contributed by atoms with van der Waals surface area (Å²) >= 11 is 11.8. The van der Waals surface area contributed by atoms with Crippen LogP contribution in [0.15, 0.2) is 42.5 Å². The second-order valence-electron chi connectivity index (χ2n) is 5.78. The summed E-state index contributed by atoms with van der Waals surface area (Å²) in [6, 6.07) is 11.7. The minimum absolute atomic E-state index is 0. The Hall–Kier alpha value is 3.79. The second-order valence-corrected chi connectivity index (χ2v) is 10.3. The van der Waals surface area contributed by atoms with Crippen LogP contribution in [0, 0.1) is 0 Å². The fourth-order valence-corrected chi connectivity index (χ4v) is 5.07. The third-order valence-electron chi connectivity index (χ3n) is 3.66. The van der Waals surface area contributed by atoms with E-state index < -0.39 is 22.7 Å². The van der Waals surface area contributed by atoms with Gasteiger partial charge < -0.3 is 18.8 Å². The number of benzene rings is 2. The van der Waals surface area contributed by atoms with Crippen molar-refractivity contribution in [1.82, 2.24) is 0 Å².